The van der Waals surface area contributed by atoms with E-state index in [2.05, 4.69) is 30.6 Å². The van der Waals surface area contributed by atoms with Crippen molar-refractivity contribution in [2.75, 3.05) is 17.2 Å². The Hall–Kier alpha value is -3.25. The van der Waals surface area contributed by atoms with Crippen LogP contribution in [0.2, 0.25) is 0 Å². The SMILES string of the molecule is CCOC(=O)C1CCc2sc(NC(=O)Cc3csc(NC(=O)c4cnccn4)n3)nc21. The molecule has 0 aliphatic heterocycles. The van der Waals surface area contributed by atoms with Crippen LogP contribution in [0.15, 0.2) is 24.0 Å². The third-order valence-corrected chi connectivity index (χ3v) is 6.30. The smallest absolute Gasteiger partial charge is 0.315 e. The average Bonchev–Trinajstić information content (AvgIpc) is 3.45. The lowest BCUT2D eigenvalue weighted by molar-refractivity contribution is -0.145. The van der Waals surface area contributed by atoms with E-state index in [1.807, 2.05) is 0 Å². The van der Waals surface area contributed by atoms with Crippen LogP contribution in [0.4, 0.5) is 10.3 Å². The highest BCUT2D eigenvalue weighted by molar-refractivity contribution is 7.16. The van der Waals surface area contributed by atoms with E-state index in [9.17, 15) is 14.4 Å². The number of nitrogens with one attached hydrogen (secondary N) is 2. The summed E-state index contributed by atoms with van der Waals surface area (Å²) in [4.78, 5) is 54.0. The molecule has 3 aromatic rings. The van der Waals surface area contributed by atoms with Gasteiger partial charge in [0.05, 0.1) is 30.6 Å². The predicted molar refractivity (Wildman–Crippen MR) is 114 cm³/mol. The first-order valence-corrected chi connectivity index (χ1v) is 11.2. The van der Waals surface area contributed by atoms with Gasteiger partial charge in [-0.2, -0.15) is 0 Å². The van der Waals surface area contributed by atoms with Crippen molar-refractivity contribution in [3.05, 3.63) is 45.9 Å². The highest BCUT2D eigenvalue weighted by atomic mass is 32.1. The molecule has 1 atom stereocenters. The van der Waals surface area contributed by atoms with Gasteiger partial charge in [-0.25, -0.2) is 15.0 Å². The van der Waals surface area contributed by atoms with Gasteiger partial charge in [0, 0.05) is 22.7 Å². The monoisotopic (exact) mass is 458 g/mol. The van der Waals surface area contributed by atoms with Crippen molar-refractivity contribution in [2.24, 2.45) is 0 Å². The largest absolute Gasteiger partial charge is 0.465 e. The fraction of sp³-hybridized carbons (Fsp3) is 0.316. The van der Waals surface area contributed by atoms with E-state index in [0.717, 1.165) is 11.3 Å². The topological polar surface area (TPSA) is 136 Å². The van der Waals surface area contributed by atoms with Gasteiger partial charge >= 0.3 is 5.97 Å². The second kappa shape index (κ2) is 9.27. The zero-order valence-corrected chi connectivity index (χ0v) is 18.1. The average molecular weight is 459 g/mol. The summed E-state index contributed by atoms with van der Waals surface area (Å²) in [5.41, 5.74) is 1.39. The molecule has 12 heteroatoms. The van der Waals surface area contributed by atoms with E-state index in [1.165, 1.54) is 41.3 Å². The molecule has 0 aromatic carbocycles. The number of aryl methyl sites for hydroxylation is 1. The minimum Gasteiger partial charge on any atom is -0.465 e. The van der Waals surface area contributed by atoms with Gasteiger partial charge < -0.3 is 10.1 Å². The Bertz CT molecular complexity index is 1110. The van der Waals surface area contributed by atoms with Gasteiger partial charge in [-0.1, -0.05) is 0 Å². The number of rotatable bonds is 7. The summed E-state index contributed by atoms with van der Waals surface area (Å²) in [6.45, 7) is 2.10. The van der Waals surface area contributed by atoms with Crippen molar-refractivity contribution < 1.29 is 19.1 Å². The maximum absolute atomic E-state index is 12.4. The van der Waals surface area contributed by atoms with E-state index in [4.69, 9.17) is 4.74 Å². The molecule has 0 saturated carbocycles. The van der Waals surface area contributed by atoms with Crippen LogP contribution >= 0.6 is 22.7 Å². The second-order valence-corrected chi connectivity index (χ2v) is 8.53. The van der Waals surface area contributed by atoms with Crippen molar-refractivity contribution >= 4 is 50.7 Å². The number of hydrogen-bond donors (Lipinski definition) is 2. The molecule has 3 aromatic heterocycles. The molecule has 0 fully saturated rings. The van der Waals surface area contributed by atoms with Gasteiger partial charge in [0.15, 0.2) is 10.3 Å². The van der Waals surface area contributed by atoms with E-state index >= 15 is 0 Å². The summed E-state index contributed by atoms with van der Waals surface area (Å²) < 4.78 is 5.10. The zero-order chi connectivity index (χ0) is 21.8. The highest BCUT2D eigenvalue weighted by Crippen LogP contribution is 2.39. The molecule has 10 nitrogen and oxygen atoms in total. The number of ether oxygens (including phenoxy) is 1. The Balaban J connectivity index is 1.34. The van der Waals surface area contributed by atoms with Gasteiger partial charge in [-0.15, -0.1) is 22.7 Å². The fourth-order valence-corrected chi connectivity index (χ4v) is 4.86. The summed E-state index contributed by atoms with van der Waals surface area (Å²) in [7, 11) is 0. The summed E-state index contributed by atoms with van der Waals surface area (Å²) >= 11 is 2.59. The van der Waals surface area contributed by atoms with Crippen LogP contribution in [0, 0.1) is 0 Å². The van der Waals surface area contributed by atoms with Gasteiger partial charge in [-0.3, -0.25) is 24.7 Å². The number of fused-ring (bicyclic) bond motifs is 1. The maximum Gasteiger partial charge on any atom is 0.315 e. The number of esters is 1. The normalized spacial score (nSPS) is 14.7. The van der Waals surface area contributed by atoms with Crippen molar-refractivity contribution in [1.29, 1.82) is 0 Å². The zero-order valence-electron chi connectivity index (χ0n) is 16.5. The third-order valence-electron chi connectivity index (χ3n) is 4.44. The Morgan fingerprint density at radius 3 is 2.84 bits per heavy atom. The maximum atomic E-state index is 12.4. The lowest BCUT2D eigenvalue weighted by atomic mass is 10.1. The van der Waals surface area contributed by atoms with Crippen LogP contribution in [0.3, 0.4) is 0 Å². The second-order valence-electron chi connectivity index (χ2n) is 6.58. The Morgan fingerprint density at radius 2 is 2.06 bits per heavy atom. The summed E-state index contributed by atoms with van der Waals surface area (Å²) in [5, 5.41) is 7.91. The number of amides is 2. The Kier molecular flexibility index (Phi) is 6.28. The first-order chi connectivity index (χ1) is 15.0. The number of carbonyl (C=O) groups excluding carboxylic acids is 3. The molecule has 1 aliphatic rings. The van der Waals surface area contributed by atoms with Crippen LogP contribution in [0.1, 0.15) is 46.0 Å². The number of nitrogens with zero attached hydrogens (tertiary/aromatic N) is 4. The van der Waals surface area contributed by atoms with Crippen molar-refractivity contribution in [3.8, 4) is 0 Å². The van der Waals surface area contributed by atoms with Crippen LogP contribution in [0.5, 0.6) is 0 Å². The lowest BCUT2D eigenvalue weighted by Crippen LogP contribution is -2.16. The molecule has 1 aliphatic carbocycles. The molecule has 2 amide bonds. The van der Waals surface area contributed by atoms with E-state index in [1.54, 1.807) is 12.3 Å². The Labute approximate surface area is 185 Å². The highest BCUT2D eigenvalue weighted by Gasteiger charge is 2.33. The summed E-state index contributed by atoms with van der Waals surface area (Å²) in [6, 6.07) is 0. The first-order valence-electron chi connectivity index (χ1n) is 9.51. The van der Waals surface area contributed by atoms with Crippen molar-refractivity contribution in [1.82, 2.24) is 19.9 Å². The molecular weight excluding hydrogens is 440 g/mol. The van der Waals surface area contributed by atoms with E-state index in [-0.39, 0.29) is 29.9 Å². The number of hydrogen-bond acceptors (Lipinski definition) is 10. The molecule has 0 radical (unpaired) electrons. The molecule has 0 spiro atoms. The van der Waals surface area contributed by atoms with Crippen molar-refractivity contribution in [2.45, 2.75) is 32.1 Å². The molecule has 31 heavy (non-hydrogen) atoms. The summed E-state index contributed by atoms with van der Waals surface area (Å²) in [6.07, 6.45) is 5.72. The van der Waals surface area contributed by atoms with Crippen molar-refractivity contribution in [3.63, 3.8) is 0 Å². The van der Waals surface area contributed by atoms with E-state index in [0.29, 0.717) is 34.7 Å². The van der Waals surface area contributed by atoms with Crippen LogP contribution in [0.25, 0.3) is 0 Å². The molecule has 160 valence electrons. The Morgan fingerprint density at radius 1 is 1.19 bits per heavy atom. The van der Waals surface area contributed by atoms with Crippen LogP contribution < -0.4 is 10.6 Å². The third kappa shape index (κ3) is 4.91. The molecule has 4 rings (SSSR count). The molecule has 0 bridgehead atoms. The lowest BCUT2D eigenvalue weighted by Gasteiger charge is -2.07. The quantitative estimate of drug-likeness (QED) is 0.515. The number of carbonyl (C=O) groups is 3. The van der Waals surface area contributed by atoms with Gasteiger partial charge in [0.2, 0.25) is 5.91 Å². The molecular formula is C19H18N6O4S2. The molecule has 0 saturated heterocycles. The van der Waals surface area contributed by atoms with Gasteiger partial charge in [-0.05, 0) is 19.8 Å². The summed E-state index contributed by atoms with van der Waals surface area (Å²) in [5.74, 6) is -1.34. The van der Waals surface area contributed by atoms with Crippen LogP contribution in [-0.4, -0.2) is 44.3 Å². The standard InChI is InChI=1S/C19H18N6O4S2/c1-2-29-17(28)11-3-4-13-15(11)24-19(31-13)23-14(26)7-10-9-30-18(22-10)25-16(27)12-8-20-5-6-21-12/h5-6,8-9,11H,2-4,7H2,1H3,(H,22,25,27)(H,23,24,26). The predicted octanol–water partition coefficient (Wildman–Crippen LogP) is 2.42. The molecule has 2 N–H and O–H groups in total. The minimum absolute atomic E-state index is 0.0308. The number of thiazole rings is 2. The van der Waals surface area contributed by atoms with Gasteiger partial charge in [0.1, 0.15) is 11.6 Å². The number of anilines is 2. The van der Waals surface area contributed by atoms with Gasteiger partial charge in [0.25, 0.3) is 5.91 Å². The fourth-order valence-electron chi connectivity index (χ4n) is 3.10. The molecule has 3 heterocycles. The first kappa shape index (κ1) is 21.0. The minimum atomic E-state index is -0.424. The van der Waals surface area contributed by atoms with Crippen LogP contribution in [-0.2, 0) is 27.2 Å². The van der Waals surface area contributed by atoms with E-state index < -0.39 is 5.91 Å². The molecule has 1 unspecified atom stereocenters. The number of aromatic nitrogens is 4.